The Morgan fingerprint density at radius 2 is 1.57 bits per heavy atom. The molecule has 1 aromatic heterocycles. The van der Waals surface area contributed by atoms with Crippen LogP contribution in [0.2, 0.25) is 0 Å². The zero-order valence-electron chi connectivity index (χ0n) is 12.1. The van der Waals surface area contributed by atoms with Gasteiger partial charge in [-0.15, -0.1) is 0 Å². The van der Waals surface area contributed by atoms with Crippen LogP contribution in [0.15, 0.2) is 66.7 Å². The fourth-order valence-electron chi connectivity index (χ4n) is 2.17. The number of para-hydroxylation sites is 1. The van der Waals surface area contributed by atoms with Gasteiger partial charge in [-0.3, -0.25) is 0 Å². The van der Waals surface area contributed by atoms with Crippen molar-refractivity contribution < 1.29 is 14.6 Å². The average Bonchev–Trinajstić information content (AvgIpc) is 2.56. The summed E-state index contributed by atoms with van der Waals surface area (Å²) >= 11 is 0. The summed E-state index contributed by atoms with van der Waals surface area (Å²) in [7, 11) is 0. The largest absolute Gasteiger partial charge is 0.478 e. The lowest BCUT2D eigenvalue weighted by molar-refractivity contribution is 0.0697. The Hall–Kier alpha value is -3.34. The lowest BCUT2D eigenvalue weighted by atomic mass is 10.1. The SMILES string of the molecule is Nc1ccc(C(=O)O)c(-c2ccc(Oc3ccccc3)cc2)n1. The van der Waals surface area contributed by atoms with Crippen LogP contribution < -0.4 is 10.5 Å². The van der Waals surface area contributed by atoms with E-state index in [-0.39, 0.29) is 11.4 Å². The molecule has 0 saturated heterocycles. The zero-order valence-corrected chi connectivity index (χ0v) is 12.1. The van der Waals surface area contributed by atoms with Gasteiger partial charge in [0.05, 0.1) is 11.3 Å². The topological polar surface area (TPSA) is 85.4 Å². The number of ether oxygens (including phenoxy) is 1. The van der Waals surface area contributed by atoms with Crippen molar-refractivity contribution in [1.29, 1.82) is 0 Å². The molecule has 5 nitrogen and oxygen atoms in total. The van der Waals surface area contributed by atoms with Crippen molar-refractivity contribution in [2.24, 2.45) is 0 Å². The van der Waals surface area contributed by atoms with E-state index in [2.05, 4.69) is 4.98 Å². The third-order valence-electron chi connectivity index (χ3n) is 3.25. The minimum Gasteiger partial charge on any atom is -0.478 e. The van der Waals surface area contributed by atoms with E-state index in [1.807, 2.05) is 30.3 Å². The number of nitrogens with zero attached hydrogens (tertiary/aromatic N) is 1. The number of hydrogen-bond donors (Lipinski definition) is 2. The first-order valence-electron chi connectivity index (χ1n) is 6.96. The van der Waals surface area contributed by atoms with Crippen molar-refractivity contribution in [3.63, 3.8) is 0 Å². The maximum atomic E-state index is 11.3. The summed E-state index contributed by atoms with van der Waals surface area (Å²) in [5.74, 6) is 0.612. The molecule has 114 valence electrons. The van der Waals surface area contributed by atoms with E-state index in [1.165, 1.54) is 12.1 Å². The molecule has 0 radical (unpaired) electrons. The van der Waals surface area contributed by atoms with Crippen LogP contribution in [0, 0.1) is 0 Å². The van der Waals surface area contributed by atoms with Crippen molar-refractivity contribution in [1.82, 2.24) is 4.98 Å². The third kappa shape index (κ3) is 3.29. The van der Waals surface area contributed by atoms with E-state index in [1.54, 1.807) is 24.3 Å². The average molecular weight is 306 g/mol. The Morgan fingerprint density at radius 1 is 0.913 bits per heavy atom. The van der Waals surface area contributed by atoms with Gasteiger partial charge in [-0.25, -0.2) is 9.78 Å². The first-order chi connectivity index (χ1) is 11.1. The molecular weight excluding hydrogens is 292 g/mol. The molecule has 0 aliphatic rings. The number of rotatable bonds is 4. The smallest absolute Gasteiger partial charge is 0.337 e. The molecule has 0 aliphatic carbocycles. The van der Waals surface area contributed by atoms with E-state index in [9.17, 15) is 9.90 Å². The van der Waals surface area contributed by atoms with Crippen LogP contribution in [-0.4, -0.2) is 16.1 Å². The number of nitrogen functional groups attached to an aromatic ring is 1. The van der Waals surface area contributed by atoms with Crippen LogP contribution in [0.25, 0.3) is 11.3 Å². The number of carbonyl (C=O) groups is 1. The summed E-state index contributed by atoms with van der Waals surface area (Å²) in [4.78, 5) is 15.4. The molecule has 5 heteroatoms. The lowest BCUT2D eigenvalue weighted by Crippen LogP contribution is -2.03. The predicted octanol–water partition coefficient (Wildman–Crippen LogP) is 3.82. The Labute approximate surface area is 133 Å². The van der Waals surface area contributed by atoms with E-state index in [0.717, 1.165) is 5.75 Å². The van der Waals surface area contributed by atoms with E-state index in [0.29, 0.717) is 17.0 Å². The summed E-state index contributed by atoms with van der Waals surface area (Å²) in [5.41, 5.74) is 6.77. The van der Waals surface area contributed by atoms with Crippen LogP contribution >= 0.6 is 0 Å². The second kappa shape index (κ2) is 6.19. The van der Waals surface area contributed by atoms with Gasteiger partial charge in [-0.2, -0.15) is 0 Å². The molecule has 0 saturated carbocycles. The van der Waals surface area contributed by atoms with Crippen LogP contribution in [0.4, 0.5) is 5.82 Å². The minimum absolute atomic E-state index is 0.107. The molecular formula is C18H14N2O3. The van der Waals surface area contributed by atoms with Crippen molar-refractivity contribution in [3.05, 3.63) is 72.3 Å². The number of aromatic nitrogens is 1. The molecule has 3 rings (SSSR count). The van der Waals surface area contributed by atoms with Crippen LogP contribution in [0.1, 0.15) is 10.4 Å². The van der Waals surface area contributed by atoms with Crippen LogP contribution in [0.3, 0.4) is 0 Å². The molecule has 3 aromatic rings. The maximum Gasteiger partial charge on any atom is 0.337 e. The van der Waals surface area contributed by atoms with Gasteiger partial charge in [-0.1, -0.05) is 18.2 Å². The van der Waals surface area contributed by atoms with Gasteiger partial charge in [0.25, 0.3) is 0 Å². The van der Waals surface area contributed by atoms with Gasteiger partial charge in [0.2, 0.25) is 0 Å². The first-order valence-corrected chi connectivity index (χ1v) is 6.96. The number of hydrogen-bond acceptors (Lipinski definition) is 4. The second-order valence-corrected chi connectivity index (χ2v) is 4.88. The molecule has 0 bridgehead atoms. The molecule has 0 aliphatic heterocycles. The zero-order chi connectivity index (χ0) is 16.2. The predicted molar refractivity (Wildman–Crippen MR) is 87.6 cm³/mol. The number of carboxylic acid groups (broad SMARTS) is 1. The lowest BCUT2D eigenvalue weighted by Gasteiger charge is -2.09. The highest BCUT2D eigenvalue weighted by Gasteiger charge is 2.13. The maximum absolute atomic E-state index is 11.3. The number of anilines is 1. The van der Waals surface area contributed by atoms with E-state index >= 15 is 0 Å². The summed E-state index contributed by atoms with van der Waals surface area (Å²) < 4.78 is 5.71. The molecule has 3 N–H and O–H groups in total. The summed E-state index contributed by atoms with van der Waals surface area (Å²) in [6.07, 6.45) is 0. The number of carboxylic acids is 1. The number of nitrogens with two attached hydrogens (primary N) is 1. The summed E-state index contributed by atoms with van der Waals surface area (Å²) in [5, 5.41) is 9.26. The molecule has 0 atom stereocenters. The monoisotopic (exact) mass is 306 g/mol. The fourth-order valence-corrected chi connectivity index (χ4v) is 2.17. The Kier molecular flexibility index (Phi) is 3.93. The molecule has 2 aromatic carbocycles. The number of pyridine rings is 1. The van der Waals surface area contributed by atoms with Crippen molar-refractivity contribution in [3.8, 4) is 22.8 Å². The van der Waals surface area contributed by atoms with Gasteiger partial charge in [0.1, 0.15) is 17.3 Å². The molecule has 23 heavy (non-hydrogen) atoms. The highest BCUT2D eigenvalue weighted by molar-refractivity contribution is 5.95. The normalized spacial score (nSPS) is 10.3. The minimum atomic E-state index is -1.04. The number of benzene rings is 2. The van der Waals surface area contributed by atoms with Gasteiger partial charge in [0, 0.05) is 5.56 Å². The second-order valence-electron chi connectivity index (χ2n) is 4.88. The Morgan fingerprint density at radius 3 is 2.22 bits per heavy atom. The molecule has 0 amide bonds. The molecule has 0 spiro atoms. The van der Waals surface area contributed by atoms with Crippen molar-refractivity contribution in [2.75, 3.05) is 5.73 Å². The van der Waals surface area contributed by atoms with Crippen LogP contribution in [0.5, 0.6) is 11.5 Å². The Bertz CT molecular complexity index is 831. The van der Waals surface area contributed by atoms with Gasteiger partial charge in [0.15, 0.2) is 0 Å². The first kappa shape index (κ1) is 14.6. The molecule has 1 heterocycles. The quantitative estimate of drug-likeness (QED) is 0.765. The Balaban J connectivity index is 1.91. The van der Waals surface area contributed by atoms with Crippen molar-refractivity contribution >= 4 is 11.8 Å². The fraction of sp³-hybridized carbons (Fsp3) is 0. The van der Waals surface area contributed by atoms with Crippen LogP contribution in [-0.2, 0) is 0 Å². The van der Waals surface area contributed by atoms with Gasteiger partial charge < -0.3 is 15.6 Å². The van der Waals surface area contributed by atoms with E-state index in [4.69, 9.17) is 10.5 Å². The third-order valence-corrected chi connectivity index (χ3v) is 3.25. The summed E-state index contributed by atoms with van der Waals surface area (Å²) in [6, 6.07) is 19.4. The highest BCUT2D eigenvalue weighted by Crippen LogP contribution is 2.27. The summed E-state index contributed by atoms with van der Waals surface area (Å²) in [6.45, 7) is 0. The standard InChI is InChI=1S/C18H14N2O3/c19-16-11-10-15(18(21)22)17(20-16)12-6-8-14(9-7-12)23-13-4-2-1-3-5-13/h1-11H,(H2,19,20)(H,21,22). The number of aromatic carboxylic acids is 1. The molecule has 0 fully saturated rings. The van der Waals surface area contributed by atoms with Gasteiger partial charge >= 0.3 is 5.97 Å². The van der Waals surface area contributed by atoms with E-state index < -0.39 is 5.97 Å². The molecule has 0 unspecified atom stereocenters. The van der Waals surface area contributed by atoms with Crippen molar-refractivity contribution in [2.45, 2.75) is 0 Å². The van der Waals surface area contributed by atoms with Gasteiger partial charge in [-0.05, 0) is 48.5 Å². The highest BCUT2D eigenvalue weighted by atomic mass is 16.5.